The molecule has 0 radical (unpaired) electrons. The summed E-state index contributed by atoms with van der Waals surface area (Å²) in [6, 6.07) is 9.57. The van der Waals surface area contributed by atoms with Gasteiger partial charge in [-0.2, -0.15) is 0 Å². The van der Waals surface area contributed by atoms with Crippen LogP contribution in [0.3, 0.4) is 0 Å². The Bertz CT molecular complexity index is 1120. The molecule has 0 saturated carbocycles. The summed E-state index contributed by atoms with van der Waals surface area (Å²) >= 11 is 0. The second-order valence-electron chi connectivity index (χ2n) is 6.30. The van der Waals surface area contributed by atoms with Crippen molar-refractivity contribution in [2.24, 2.45) is 0 Å². The van der Waals surface area contributed by atoms with Gasteiger partial charge in [-0.3, -0.25) is 9.20 Å². The van der Waals surface area contributed by atoms with E-state index >= 15 is 0 Å². The molecule has 140 valence electrons. The Morgan fingerprint density at radius 2 is 2.04 bits per heavy atom. The van der Waals surface area contributed by atoms with Crippen molar-refractivity contribution in [2.45, 2.75) is 13.8 Å². The Kier molecular flexibility index (Phi) is 4.67. The van der Waals surface area contributed by atoms with Gasteiger partial charge in [-0.25, -0.2) is 19.9 Å². The minimum absolute atomic E-state index is 0.175. The smallest absolute Gasteiger partial charge is 0.317 e. The molecule has 0 atom stereocenters. The minimum atomic E-state index is -0.290. The quantitative estimate of drug-likeness (QED) is 0.577. The summed E-state index contributed by atoms with van der Waals surface area (Å²) in [5.74, 6) is 0.331. The fourth-order valence-corrected chi connectivity index (χ4v) is 2.70. The highest BCUT2D eigenvalue weighted by atomic mass is 16.5. The van der Waals surface area contributed by atoms with Crippen LogP contribution in [0.4, 0.5) is 5.69 Å². The summed E-state index contributed by atoms with van der Waals surface area (Å²) in [4.78, 5) is 29.1. The third kappa shape index (κ3) is 3.80. The van der Waals surface area contributed by atoms with Gasteiger partial charge in [0, 0.05) is 41.7 Å². The Morgan fingerprint density at radius 1 is 1.14 bits per heavy atom. The summed E-state index contributed by atoms with van der Waals surface area (Å²) in [6.45, 7) is 3.58. The van der Waals surface area contributed by atoms with Crippen LogP contribution in [0, 0.1) is 13.8 Å². The van der Waals surface area contributed by atoms with Gasteiger partial charge in [-0.05, 0) is 37.6 Å². The van der Waals surface area contributed by atoms with Crippen LogP contribution in [-0.4, -0.2) is 36.9 Å². The monoisotopic (exact) mass is 374 g/mol. The van der Waals surface area contributed by atoms with E-state index in [1.165, 1.54) is 0 Å². The lowest BCUT2D eigenvalue weighted by atomic mass is 10.1. The average molecular weight is 374 g/mol. The molecule has 0 bridgehead atoms. The zero-order valence-corrected chi connectivity index (χ0v) is 15.5. The van der Waals surface area contributed by atoms with Crippen LogP contribution in [0.2, 0.25) is 0 Å². The lowest BCUT2D eigenvalue weighted by molar-refractivity contribution is -0.118. The number of carbonyl (C=O) groups excluding carboxylic acids is 1. The van der Waals surface area contributed by atoms with Crippen LogP contribution in [0.25, 0.3) is 17.0 Å². The lowest BCUT2D eigenvalue weighted by Crippen LogP contribution is -2.21. The number of aryl methyl sites for hydroxylation is 2. The first-order valence-electron chi connectivity index (χ1n) is 8.71. The first-order chi connectivity index (χ1) is 13.6. The van der Waals surface area contributed by atoms with Gasteiger partial charge in [0.15, 0.2) is 6.61 Å². The van der Waals surface area contributed by atoms with Crippen molar-refractivity contribution in [3.8, 4) is 17.3 Å². The standard InChI is InChI=1S/C20H18N6O2/c1-13-4-5-15(17-11-26-9-3-7-21-19(26)25-17)10-16(13)24-18(27)12-28-20-22-8-6-14(2)23-20/h3-11H,12H2,1-2H3,(H,24,27). The first-order valence-corrected chi connectivity index (χ1v) is 8.71. The van der Waals surface area contributed by atoms with E-state index in [1.54, 1.807) is 18.5 Å². The van der Waals surface area contributed by atoms with Gasteiger partial charge < -0.3 is 10.1 Å². The number of ether oxygens (including phenoxy) is 1. The summed E-state index contributed by atoms with van der Waals surface area (Å²) in [6.07, 6.45) is 7.08. The van der Waals surface area contributed by atoms with E-state index in [1.807, 2.05) is 54.9 Å². The van der Waals surface area contributed by atoms with Gasteiger partial charge in [0.05, 0.1) is 5.69 Å². The van der Waals surface area contributed by atoms with E-state index in [-0.39, 0.29) is 18.5 Å². The molecule has 8 heteroatoms. The summed E-state index contributed by atoms with van der Waals surface area (Å²) in [5, 5.41) is 2.87. The maximum atomic E-state index is 12.3. The number of benzene rings is 1. The van der Waals surface area contributed by atoms with Crippen molar-refractivity contribution in [3.63, 3.8) is 0 Å². The minimum Gasteiger partial charge on any atom is -0.453 e. The molecule has 3 aromatic heterocycles. The Hall–Kier alpha value is -3.81. The Morgan fingerprint density at radius 3 is 2.86 bits per heavy atom. The van der Waals surface area contributed by atoms with Crippen LogP contribution in [0.15, 0.2) is 55.1 Å². The van der Waals surface area contributed by atoms with Crippen LogP contribution < -0.4 is 10.1 Å². The van der Waals surface area contributed by atoms with Crippen LogP contribution in [-0.2, 0) is 4.79 Å². The molecule has 0 saturated heterocycles. The molecule has 3 heterocycles. The van der Waals surface area contributed by atoms with Crippen LogP contribution in [0.1, 0.15) is 11.3 Å². The number of fused-ring (bicyclic) bond motifs is 1. The molecule has 1 amide bonds. The maximum Gasteiger partial charge on any atom is 0.317 e. The summed E-state index contributed by atoms with van der Waals surface area (Å²) < 4.78 is 7.21. The van der Waals surface area contributed by atoms with E-state index < -0.39 is 0 Å². The second kappa shape index (κ2) is 7.43. The van der Waals surface area contributed by atoms with Gasteiger partial charge >= 0.3 is 6.01 Å². The molecule has 0 aliphatic carbocycles. The Labute approximate surface area is 161 Å². The summed E-state index contributed by atoms with van der Waals surface area (Å²) in [7, 11) is 0. The number of nitrogens with zero attached hydrogens (tertiary/aromatic N) is 5. The number of hydrogen-bond acceptors (Lipinski definition) is 6. The number of rotatable bonds is 5. The molecule has 4 rings (SSSR count). The van der Waals surface area contributed by atoms with Crippen molar-refractivity contribution >= 4 is 17.4 Å². The molecule has 28 heavy (non-hydrogen) atoms. The molecule has 1 N–H and O–H groups in total. The molecule has 8 nitrogen and oxygen atoms in total. The molecule has 4 aromatic rings. The number of aromatic nitrogens is 5. The molecule has 0 fully saturated rings. The van der Waals surface area contributed by atoms with Gasteiger partial charge in [0.25, 0.3) is 5.91 Å². The van der Waals surface area contributed by atoms with Gasteiger partial charge in [0.2, 0.25) is 5.78 Å². The van der Waals surface area contributed by atoms with Gasteiger partial charge in [-0.15, -0.1) is 0 Å². The van der Waals surface area contributed by atoms with Crippen LogP contribution in [0.5, 0.6) is 6.01 Å². The first kappa shape index (κ1) is 17.6. The third-order valence-electron chi connectivity index (χ3n) is 4.15. The summed E-state index contributed by atoms with van der Waals surface area (Å²) in [5.41, 5.74) is 4.07. The third-order valence-corrected chi connectivity index (χ3v) is 4.15. The number of amides is 1. The zero-order valence-electron chi connectivity index (χ0n) is 15.5. The predicted molar refractivity (Wildman–Crippen MR) is 104 cm³/mol. The molecule has 0 aliphatic rings. The fourth-order valence-electron chi connectivity index (χ4n) is 2.70. The number of imidazole rings is 1. The van der Waals surface area contributed by atoms with Crippen molar-refractivity contribution < 1.29 is 9.53 Å². The normalized spacial score (nSPS) is 10.8. The zero-order chi connectivity index (χ0) is 19.5. The Balaban J connectivity index is 1.49. The van der Waals surface area contributed by atoms with Crippen molar-refractivity contribution in [1.82, 2.24) is 24.3 Å². The highest BCUT2D eigenvalue weighted by molar-refractivity contribution is 5.93. The van der Waals surface area contributed by atoms with Gasteiger partial charge in [0.1, 0.15) is 0 Å². The highest BCUT2D eigenvalue weighted by Crippen LogP contribution is 2.25. The second-order valence-corrected chi connectivity index (χ2v) is 6.30. The van der Waals surface area contributed by atoms with Crippen molar-refractivity contribution in [2.75, 3.05) is 11.9 Å². The predicted octanol–water partition coefficient (Wildman–Crippen LogP) is 2.82. The largest absolute Gasteiger partial charge is 0.453 e. The molecule has 0 unspecified atom stereocenters. The van der Waals surface area contributed by atoms with E-state index in [0.717, 1.165) is 22.5 Å². The number of nitrogens with one attached hydrogen (secondary N) is 1. The van der Waals surface area contributed by atoms with Crippen molar-refractivity contribution in [1.29, 1.82) is 0 Å². The van der Waals surface area contributed by atoms with Gasteiger partial charge in [-0.1, -0.05) is 12.1 Å². The molecule has 1 aromatic carbocycles. The number of carbonyl (C=O) groups is 1. The molecule has 0 spiro atoms. The lowest BCUT2D eigenvalue weighted by Gasteiger charge is -2.10. The van der Waals surface area contributed by atoms with E-state index in [0.29, 0.717) is 11.5 Å². The average Bonchev–Trinajstić information content (AvgIpc) is 3.12. The number of hydrogen-bond donors (Lipinski definition) is 1. The molecule has 0 aliphatic heterocycles. The topological polar surface area (TPSA) is 94.3 Å². The fraction of sp³-hybridized carbons (Fsp3) is 0.150. The SMILES string of the molecule is Cc1ccnc(OCC(=O)Nc2cc(-c3cn4cccnc4n3)ccc2C)n1. The van der Waals surface area contributed by atoms with Crippen LogP contribution >= 0.6 is 0 Å². The molecular weight excluding hydrogens is 356 g/mol. The van der Waals surface area contributed by atoms with E-state index in [2.05, 4.69) is 25.3 Å². The molecular formula is C20H18N6O2. The van der Waals surface area contributed by atoms with E-state index in [9.17, 15) is 4.79 Å². The van der Waals surface area contributed by atoms with Crippen molar-refractivity contribution in [3.05, 3.63) is 66.4 Å². The highest BCUT2D eigenvalue weighted by Gasteiger charge is 2.11. The number of anilines is 1. The van der Waals surface area contributed by atoms with E-state index in [4.69, 9.17) is 4.74 Å². The maximum absolute atomic E-state index is 12.3.